The maximum Gasteiger partial charge on any atom is 0.309 e. The molecule has 2 fully saturated rings. The Morgan fingerprint density at radius 2 is 2.00 bits per heavy atom. The lowest BCUT2D eigenvalue weighted by Crippen LogP contribution is -2.60. The van der Waals surface area contributed by atoms with Gasteiger partial charge >= 0.3 is 5.97 Å². The second kappa shape index (κ2) is 5.16. The molecule has 106 valence electrons. The van der Waals surface area contributed by atoms with E-state index >= 15 is 0 Å². The Balaban J connectivity index is 1.89. The predicted molar refractivity (Wildman–Crippen MR) is 66.4 cm³/mol. The highest BCUT2D eigenvalue weighted by molar-refractivity contribution is 5.87. The first-order valence-electron chi connectivity index (χ1n) is 6.45. The van der Waals surface area contributed by atoms with Crippen LogP contribution in [0.1, 0.15) is 19.8 Å². The van der Waals surface area contributed by atoms with E-state index < -0.39 is 17.4 Å². The fourth-order valence-electron chi connectivity index (χ4n) is 2.40. The molecule has 1 atom stereocenters. The number of nitrogens with zero attached hydrogens (tertiary/aromatic N) is 1. The number of carbonyl (C=O) groups excluding carboxylic acids is 2. The molecule has 7 nitrogen and oxygen atoms in total. The van der Waals surface area contributed by atoms with E-state index in [0.717, 1.165) is 0 Å². The largest absolute Gasteiger partial charge is 0.481 e. The van der Waals surface area contributed by atoms with Gasteiger partial charge in [-0.2, -0.15) is 0 Å². The van der Waals surface area contributed by atoms with Crippen molar-refractivity contribution in [2.45, 2.75) is 25.8 Å². The number of hydrogen-bond donors (Lipinski definition) is 3. The van der Waals surface area contributed by atoms with Crippen molar-refractivity contribution in [3.8, 4) is 0 Å². The fourth-order valence-corrected chi connectivity index (χ4v) is 2.40. The van der Waals surface area contributed by atoms with Crippen LogP contribution >= 0.6 is 0 Å². The number of rotatable bonds is 2. The summed E-state index contributed by atoms with van der Waals surface area (Å²) in [5.41, 5.74) is -0.731. The third-order valence-electron chi connectivity index (χ3n) is 4.01. The van der Waals surface area contributed by atoms with Crippen molar-refractivity contribution in [1.29, 1.82) is 0 Å². The molecule has 2 amide bonds. The van der Waals surface area contributed by atoms with Gasteiger partial charge in [0, 0.05) is 19.6 Å². The summed E-state index contributed by atoms with van der Waals surface area (Å²) in [5.74, 6) is -0.976. The minimum Gasteiger partial charge on any atom is -0.481 e. The number of carbonyl (C=O) groups is 3. The summed E-state index contributed by atoms with van der Waals surface area (Å²) >= 11 is 0. The fraction of sp³-hybridized carbons (Fsp3) is 0.750. The molecule has 0 saturated carbocycles. The van der Waals surface area contributed by atoms with Gasteiger partial charge in [0.2, 0.25) is 11.8 Å². The standard InChI is InChI=1S/C12H19N3O4/c1-12(11(18)19)2-4-15(5-3-12)10(17)8-6-14-9(16)7-13-8/h8,13H,2-7H2,1H3,(H,14,16)(H,18,19). The van der Waals surface area contributed by atoms with E-state index in [1.165, 1.54) is 0 Å². The number of piperidine rings is 1. The third kappa shape index (κ3) is 2.86. The Kier molecular flexibility index (Phi) is 3.75. The first-order valence-corrected chi connectivity index (χ1v) is 6.45. The van der Waals surface area contributed by atoms with Crippen molar-refractivity contribution in [1.82, 2.24) is 15.5 Å². The zero-order valence-corrected chi connectivity index (χ0v) is 10.9. The van der Waals surface area contributed by atoms with E-state index in [2.05, 4.69) is 10.6 Å². The molecule has 0 radical (unpaired) electrons. The molecule has 2 aliphatic heterocycles. The van der Waals surface area contributed by atoms with Gasteiger partial charge in [-0.3, -0.25) is 19.7 Å². The summed E-state index contributed by atoms with van der Waals surface area (Å²) in [6, 6.07) is -0.396. The number of piperazine rings is 1. The van der Waals surface area contributed by atoms with Crippen LogP contribution in [0.5, 0.6) is 0 Å². The number of nitrogens with one attached hydrogen (secondary N) is 2. The lowest BCUT2D eigenvalue weighted by Gasteiger charge is -2.38. The minimum atomic E-state index is -0.803. The molecular formula is C12H19N3O4. The molecule has 19 heavy (non-hydrogen) atoms. The molecule has 0 aromatic heterocycles. The summed E-state index contributed by atoms with van der Waals surface area (Å²) in [4.78, 5) is 36.0. The number of carboxylic acids is 1. The maximum absolute atomic E-state index is 12.2. The van der Waals surface area contributed by atoms with Gasteiger partial charge in [0.25, 0.3) is 0 Å². The van der Waals surface area contributed by atoms with Gasteiger partial charge in [-0.15, -0.1) is 0 Å². The Bertz CT molecular complexity index is 392. The van der Waals surface area contributed by atoms with Gasteiger partial charge in [0.15, 0.2) is 0 Å². The first-order chi connectivity index (χ1) is 8.92. The number of aliphatic carboxylic acids is 1. The van der Waals surface area contributed by atoms with Gasteiger partial charge < -0.3 is 15.3 Å². The highest BCUT2D eigenvalue weighted by Gasteiger charge is 2.39. The van der Waals surface area contributed by atoms with Gasteiger partial charge in [-0.1, -0.05) is 0 Å². The van der Waals surface area contributed by atoms with Crippen molar-refractivity contribution in [2.75, 3.05) is 26.2 Å². The molecular weight excluding hydrogens is 250 g/mol. The van der Waals surface area contributed by atoms with Crippen LogP contribution in [0.3, 0.4) is 0 Å². The summed E-state index contributed by atoms with van der Waals surface area (Å²) < 4.78 is 0. The SMILES string of the molecule is CC1(C(=O)O)CCN(C(=O)C2CNC(=O)CN2)CC1. The first kappa shape index (κ1) is 13.8. The lowest BCUT2D eigenvalue weighted by atomic mass is 9.80. The minimum absolute atomic E-state index is 0.0626. The van der Waals surface area contributed by atoms with Crippen molar-refractivity contribution in [3.05, 3.63) is 0 Å². The number of likely N-dealkylation sites (tertiary alicyclic amines) is 1. The highest BCUT2D eigenvalue weighted by atomic mass is 16.4. The zero-order valence-electron chi connectivity index (χ0n) is 10.9. The third-order valence-corrected chi connectivity index (χ3v) is 4.01. The van der Waals surface area contributed by atoms with Crippen LogP contribution in [-0.2, 0) is 14.4 Å². The Hall–Kier alpha value is -1.63. The number of amides is 2. The van der Waals surface area contributed by atoms with E-state index in [1.54, 1.807) is 11.8 Å². The summed E-state index contributed by atoms with van der Waals surface area (Å²) in [7, 11) is 0. The van der Waals surface area contributed by atoms with Crippen LogP contribution in [0, 0.1) is 5.41 Å². The molecule has 0 aromatic rings. The zero-order chi connectivity index (χ0) is 14.0. The molecule has 0 aromatic carbocycles. The smallest absolute Gasteiger partial charge is 0.309 e. The van der Waals surface area contributed by atoms with Crippen LogP contribution in [0.4, 0.5) is 0 Å². The molecule has 2 aliphatic rings. The Morgan fingerprint density at radius 3 is 2.47 bits per heavy atom. The van der Waals surface area contributed by atoms with E-state index in [-0.39, 0.29) is 18.4 Å². The van der Waals surface area contributed by atoms with Crippen molar-refractivity contribution < 1.29 is 19.5 Å². The molecule has 0 spiro atoms. The van der Waals surface area contributed by atoms with Crippen molar-refractivity contribution in [3.63, 3.8) is 0 Å². The summed E-state index contributed by atoms with van der Waals surface area (Å²) in [6.07, 6.45) is 0.931. The van der Waals surface area contributed by atoms with E-state index in [0.29, 0.717) is 32.5 Å². The average Bonchev–Trinajstić information content (AvgIpc) is 2.39. The molecule has 3 N–H and O–H groups in total. The van der Waals surface area contributed by atoms with Crippen LogP contribution in [-0.4, -0.2) is 60.0 Å². The van der Waals surface area contributed by atoms with Crippen LogP contribution < -0.4 is 10.6 Å². The quantitative estimate of drug-likeness (QED) is 0.584. The Labute approximate surface area is 111 Å². The van der Waals surface area contributed by atoms with E-state index in [9.17, 15) is 14.4 Å². The summed E-state index contributed by atoms with van der Waals surface area (Å²) in [5, 5.41) is 14.7. The lowest BCUT2D eigenvalue weighted by molar-refractivity contribution is -0.153. The average molecular weight is 269 g/mol. The predicted octanol–water partition coefficient (Wildman–Crippen LogP) is -1.21. The highest BCUT2D eigenvalue weighted by Crippen LogP contribution is 2.31. The molecule has 7 heteroatoms. The molecule has 2 heterocycles. The van der Waals surface area contributed by atoms with Crippen LogP contribution in [0.15, 0.2) is 0 Å². The van der Waals surface area contributed by atoms with E-state index in [4.69, 9.17) is 5.11 Å². The van der Waals surface area contributed by atoms with Crippen molar-refractivity contribution >= 4 is 17.8 Å². The Morgan fingerprint density at radius 1 is 1.37 bits per heavy atom. The number of carboxylic acid groups (broad SMARTS) is 1. The maximum atomic E-state index is 12.2. The monoisotopic (exact) mass is 269 g/mol. The normalized spacial score (nSPS) is 26.7. The van der Waals surface area contributed by atoms with Crippen LogP contribution in [0.25, 0.3) is 0 Å². The van der Waals surface area contributed by atoms with Gasteiger partial charge in [-0.25, -0.2) is 0 Å². The summed E-state index contributed by atoms with van der Waals surface area (Å²) in [6.45, 7) is 3.07. The van der Waals surface area contributed by atoms with Crippen LogP contribution in [0.2, 0.25) is 0 Å². The second-order valence-corrected chi connectivity index (χ2v) is 5.43. The number of hydrogen-bond acceptors (Lipinski definition) is 4. The van der Waals surface area contributed by atoms with Crippen molar-refractivity contribution in [2.24, 2.45) is 5.41 Å². The molecule has 0 bridgehead atoms. The molecule has 2 rings (SSSR count). The topological polar surface area (TPSA) is 98.7 Å². The van der Waals surface area contributed by atoms with E-state index in [1.807, 2.05) is 0 Å². The second-order valence-electron chi connectivity index (χ2n) is 5.43. The molecule has 1 unspecified atom stereocenters. The molecule has 2 saturated heterocycles. The van der Waals surface area contributed by atoms with Gasteiger partial charge in [0.1, 0.15) is 6.04 Å². The van der Waals surface area contributed by atoms with Gasteiger partial charge in [-0.05, 0) is 19.8 Å². The molecule has 0 aliphatic carbocycles. The van der Waals surface area contributed by atoms with Gasteiger partial charge in [0.05, 0.1) is 12.0 Å².